The number of pyridine rings is 1. The van der Waals surface area contributed by atoms with E-state index in [1.165, 1.54) is 6.07 Å². The Balaban J connectivity index is 2.06. The van der Waals surface area contributed by atoms with Crippen LogP contribution in [0.5, 0.6) is 0 Å². The Bertz CT molecular complexity index is 844. The second-order valence-electron chi connectivity index (χ2n) is 4.87. The molecule has 0 aliphatic heterocycles. The van der Waals surface area contributed by atoms with E-state index in [4.69, 9.17) is 4.52 Å². The first-order chi connectivity index (χ1) is 10.5. The van der Waals surface area contributed by atoms with Crippen LogP contribution in [0.25, 0.3) is 22.5 Å². The highest BCUT2D eigenvalue weighted by Gasteiger charge is 2.16. The Labute approximate surface area is 124 Å². The molecule has 0 spiro atoms. The molecule has 0 fully saturated rings. The number of non-ortho nitro benzene ring substituents is 1. The maximum Gasteiger partial charge on any atom is 0.295 e. The van der Waals surface area contributed by atoms with Crippen LogP contribution < -0.4 is 0 Å². The topological polar surface area (TPSA) is 115 Å². The third-order valence-corrected chi connectivity index (χ3v) is 3.06. The lowest BCUT2D eigenvalue weighted by Crippen LogP contribution is -2.05. The van der Waals surface area contributed by atoms with Crippen molar-refractivity contribution in [3.8, 4) is 11.6 Å². The summed E-state index contributed by atoms with van der Waals surface area (Å²) in [6.45, 7) is 1.62. The molecule has 0 aliphatic rings. The maximum atomic E-state index is 11.1. The molecule has 1 N–H and O–H groups in total. The van der Waals surface area contributed by atoms with Gasteiger partial charge < -0.3 is 9.63 Å². The van der Waals surface area contributed by atoms with E-state index in [1.807, 2.05) is 0 Å². The summed E-state index contributed by atoms with van der Waals surface area (Å²) in [7, 11) is 0. The summed E-state index contributed by atoms with van der Waals surface area (Å²) < 4.78 is 5.10. The van der Waals surface area contributed by atoms with Gasteiger partial charge in [-0.2, -0.15) is 4.98 Å². The Morgan fingerprint density at radius 1 is 1.32 bits per heavy atom. The lowest BCUT2D eigenvalue weighted by molar-refractivity contribution is -0.383. The number of benzene rings is 1. The summed E-state index contributed by atoms with van der Waals surface area (Å²) in [6, 6.07) is 8.11. The minimum absolute atomic E-state index is 0.0805. The number of hydrogen-bond donors (Lipinski definition) is 1. The lowest BCUT2D eigenvalue weighted by Gasteiger charge is -2.00. The molecule has 2 heterocycles. The minimum Gasteiger partial charge on any atom is -0.393 e. The van der Waals surface area contributed by atoms with Crippen molar-refractivity contribution < 1.29 is 14.6 Å². The van der Waals surface area contributed by atoms with Gasteiger partial charge in [0.1, 0.15) is 11.2 Å². The SMILES string of the molecule is CC(O)Cc1noc(-c2ccc3cccc([N+](=O)[O-])c3n2)n1. The number of fused-ring (bicyclic) bond motifs is 1. The number of para-hydroxylation sites is 1. The number of aliphatic hydroxyl groups is 1. The molecule has 112 valence electrons. The fraction of sp³-hybridized carbons (Fsp3) is 0.214. The Hall–Kier alpha value is -2.87. The highest BCUT2D eigenvalue weighted by molar-refractivity contribution is 5.88. The number of rotatable bonds is 4. The molecule has 0 bridgehead atoms. The Morgan fingerprint density at radius 2 is 2.14 bits per heavy atom. The van der Waals surface area contributed by atoms with Crippen LogP contribution >= 0.6 is 0 Å². The van der Waals surface area contributed by atoms with Crippen LogP contribution in [-0.2, 0) is 6.42 Å². The summed E-state index contributed by atoms with van der Waals surface area (Å²) in [4.78, 5) is 19.0. The van der Waals surface area contributed by atoms with Crippen LogP contribution in [0.3, 0.4) is 0 Å². The fourth-order valence-electron chi connectivity index (χ4n) is 2.10. The van der Waals surface area contributed by atoms with Gasteiger partial charge in [-0.3, -0.25) is 10.1 Å². The molecule has 3 rings (SSSR count). The fourth-order valence-corrected chi connectivity index (χ4v) is 2.10. The molecule has 8 heteroatoms. The zero-order chi connectivity index (χ0) is 15.7. The molecule has 2 aromatic heterocycles. The van der Waals surface area contributed by atoms with Gasteiger partial charge in [0.2, 0.25) is 0 Å². The van der Waals surface area contributed by atoms with Crippen LogP contribution in [0, 0.1) is 10.1 Å². The molecule has 22 heavy (non-hydrogen) atoms. The molecule has 0 amide bonds. The van der Waals surface area contributed by atoms with Gasteiger partial charge in [0, 0.05) is 17.9 Å². The summed E-state index contributed by atoms with van der Waals surface area (Å²) in [5.41, 5.74) is 0.537. The van der Waals surface area contributed by atoms with E-state index < -0.39 is 11.0 Å². The van der Waals surface area contributed by atoms with E-state index in [0.29, 0.717) is 16.9 Å². The number of nitro groups is 1. The Morgan fingerprint density at radius 3 is 2.86 bits per heavy atom. The van der Waals surface area contributed by atoms with Crippen molar-refractivity contribution in [1.82, 2.24) is 15.1 Å². The predicted molar refractivity (Wildman–Crippen MR) is 77.1 cm³/mol. The average molecular weight is 300 g/mol. The quantitative estimate of drug-likeness (QED) is 0.579. The monoisotopic (exact) mass is 300 g/mol. The smallest absolute Gasteiger partial charge is 0.295 e. The lowest BCUT2D eigenvalue weighted by atomic mass is 10.1. The van der Waals surface area contributed by atoms with E-state index >= 15 is 0 Å². The molecule has 1 atom stereocenters. The van der Waals surface area contributed by atoms with Gasteiger partial charge in [-0.1, -0.05) is 23.4 Å². The average Bonchev–Trinajstić information content (AvgIpc) is 2.93. The molecule has 0 saturated heterocycles. The van der Waals surface area contributed by atoms with E-state index in [9.17, 15) is 15.2 Å². The standard InChI is InChI=1S/C14H12N4O4/c1-8(19)7-12-16-14(22-17-12)10-6-5-9-3-2-4-11(18(20)21)13(9)15-10/h2-6,8,19H,7H2,1H3. The van der Waals surface area contributed by atoms with Crippen molar-refractivity contribution in [3.05, 3.63) is 46.3 Å². The molecule has 0 radical (unpaired) electrons. The van der Waals surface area contributed by atoms with Gasteiger partial charge in [-0.25, -0.2) is 4.98 Å². The maximum absolute atomic E-state index is 11.1. The molecular formula is C14H12N4O4. The van der Waals surface area contributed by atoms with Crippen molar-refractivity contribution in [1.29, 1.82) is 0 Å². The molecular weight excluding hydrogens is 288 g/mol. The van der Waals surface area contributed by atoms with E-state index in [-0.39, 0.29) is 23.5 Å². The van der Waals surface area contributed by atoms with Crippen molar-refractivity contribution in [2.45, 2.75) is 19.4 Å². The molecule has 8 nitrogen and oxygen atoms in total. The normalized spacial score (nSPS) is 12.5. The van der Waals surface area contributed by atoms with Crippen molar-refractivity contribution in [2.75, 3.05) is 0 Å². The number of hydrogen-bond acceptors (Lipinski definition) is 7. The van der Waals surface area contributed by atoms with Crippen molar-refractivity contribution in [2.24, 2.45) is 0 Å². The number of nitrogens with zero attached hydrogens (tertiary/aromatic N) is 4. The van der Waals surface area contributed by atoms with E-state index in [1.54, 1.807) is 31.2 Å². The molecule has 3 aromatic rings. The molecule has 1 unspecified atom stereocenters. The summed E-state index contributed by atoms with van der Waals surface area (Å²) in [6.07, 6.45) is -0.326. The van der Waals surface area contributed by atoms with E-state index in [0.717, 1.165) is 0 Å². The number of nitro benzene ring substituents is 1. The summed E-state index contributed by atoms with van der Waals surface area (Å²) in [5, 5.41) is 24.8. The van der Waals surface area contributed by atoms with Gasteiger partial charge in [0.05, 0.1) is 11.0 Å². The largest absolute Gasteiger partial charge is 0.393 e. The van der Waals surface area contributed by atoms with Crippen LogP contribution in [0.15, 0.2) is 34.9 Å². The highest BCUT2D eigenvalue weighted by atomic mass is 16.6. The molecule has 0 aliphatic carbocycles. The van der Waals surface area contributed by atoms with Gasteiger partial charge in [0.25, 0.3) is 11.6 Å². The molecule has 0 saturated carbocycles. The first-order valence-corrected chi connectivity index (χ1v) is 6.60. The summed E-state index contributed by atoms with van der Waals surface area (Å²) in [5.74, 6) is 0.519. The van der Waals surface area contributed by atoms with E-state index in [2.05, 4.69) is 15.1 Å². The minimum atomic E-state index is -0.587. The van der Waals surface area contributed by atoms with Crippen LogP contribution in [0.1, 0.15) is 12.7 Å². The predicted octanol–water partition coefficient (Wildman–Crippen LogP) is 2.12. The van der Waals surface area contributed by atoms with Gasteiger partial charge in [0.15, 0.2) is 5.82 Å². The van der Waals surface area contributed by atoms with Crippen LogP contribution in [0.4, 0.5) is 5.69 Å². The third kappa shape index (κ3) is 2.63. The first kappa shape index (κ1) is 14.1. The Kier molecular flexibility index (Phi) is 3.51. The van der Waals surface area contributed by atoms with Crippen LogP contribution in [-0.4, -0.2) is 31.3 Å². The van der Waals surface area contributed by atoms with Crippen LogP contribution in [0.2, 0.25) is 0 Å². The van der Waals surface area contributed by atoms with Crippen molar-refractivity contribution in [3.63, 3.8) is 0 Å². The highest BCUT2D eigenvalue weighted by Crippen LogP contribution is 2.26. The zero-order valence-corrected chi connectivity index (χ0v) is 11.6. The van der Waals surface area contributed by atoms with Gasteiger partial charge >= 0.3 is 0 Å². The van der Waals surface area contributed by atoms with Gasteiger partial charge in [-0.15, -0.1) is 0 Å². The van der Waals surface area contributed by atoms with Gasteiger partial charge in [-0.05, 0) is 13.0 Å². The summed E-state index contributed by atoms with van der Waals surface area (Å²) >= 11 is 0. The zero-order valence-electron chi connectivity index (χ0n) is 11.6. The third-order valence-electron chi connectivity index (χ3n) is 3.06. The second kappa shape index (κ2) is 5.49. The molecule has 1 aromatic carbocycles. The van der Waals surface area contributed by atoms with Crippen molar-refractivity contribution >= 4 is 16.6 Å². The number of aromatic nitrogens is 3. The second-order valence-corrected chi connectivity index (χ2v) is 4.87. The first-order valence-electron chi connectivity index (χ1n) is 6.60. The number of aliphatic hydroxyl groups excluding tert-OH is 1.